The maximum atomic E-state index is 13.8. The van der Waals surface area contributed by atoms with E-state index < -0.39 is 21.4 Å². The highest BCUT2D eigenvalue weighted by atomic mass is 32.2. The second kappa shape index (κ2) is 11.3. The Morgan fingerprint density at radius 1 is 1.10 bits per heavy atom. The molecule has 1 atom stereocenters. The van der Waals surface area contributed by atoms with Gasteiger partial charge in [-0.25, -0.2) is 33.3 Å². The Balaban J connectivity index is 1.59. The van der Waals surface area contributed by atoms with Gasteiger partial charge < -0.3 is 5.32 Å². The topological polar surface area (TPSA) is 169 Å². The van der Waals surface area contributed by atoms with Crippen LogP contribution in [0, 0.1) is 17.2 Å². The van der Waals surface area contributed by atoms with E-state index >= 15 is 0 Å². The van der Waals surface area contributed by atoms with E-state index in [-0.39, 0.29) is 34.6 Å². The van der Waals surface area contributed by atoms with Crippen molar-refractivity contribution < 1.29 is 8.42 Å². The van der Waals surface area contributed by atoms with E-state index in [1.165, 1.54) is 16.8 Å². The van der Waals surface area contributed by atoms with Crippen LogP contribution in [0.4, 0.5) is 5.82 Å². The molecule has 0 aliphatic heterocycles. The molecule has 0 aromatic carbocycles. The summed E-state index contributed by atoms with van der Waals surface area (Å²) in [6, 6.07) is 4.51. The third-order valence-electron chi connectivity index (χ3n) is 7.13. The lowest BCUT2D eigenvalue weighted by Gasteiger charge is -2.20. The van der Waals surface area contributed by atoms with E-state index in [0.717, 1.165) is 29.8 Å². The number of aryl methyl sites for hydroxylation is 1. The Bertz CT molecular complexity index is 1810. The molecule has 4 heterocycles. The van der Waals surface area contributed by atoms with Gasteiger partial charge in [-0.1, -0.05) is 27.7 Å². The zero-order chi connectivity index (χ0) is 29.3. The van der Waals surface area contributed by atoms with Crippen molar-refractivity contribution in [3.8, 4) is 17.5 Å². The lowest BCUT2D eigenvalue weighted by Crippen LogP contribution is -2.31. The standard InChI is InChI=1S/C28H31N9O3S/c1-5-20-23(24(17-7-8-17)34-15-33-20)25-32-14-21-27(36-25)37(22(11-29)16(3)4)28(38)26(35-21)31-12-18-9-10-19(13-30-18)41(39,40)6-2/h9-10,13-17,22H,5-8,12H2,1-4H3,(H,31,35). The van der Waals surface area contributed by atoms with Gasteiger partial charge in [-0.2, -0.15) is 5.26 Å². The van der Waals surface area contributed by atoms with Crippen LogP contribution in [0.25, 0.3) is 22.6 Å². The summed E-state index contributed by atoms with van der Waals surface area (Å²) >= 11 is 0. The highest BCUT2D eigenvalue weighted by molar-refractivity contribution is 7.91. The first-order valence-corrected chi connectivity index (χ1v) is 15.3. The van der Waals surface area contributed by atoms with Gasteiger partial charge in [-0.3, -0.25) is 14.3 Å². The molecule has 12 nitrogen and oxygen atoms in total. The van der Waals surface area contributed by atoms with Crippen LogP contribution in [0.5, 0.6) is 0 Å². The molecule has 0 radical (unpaired) electrons. The van der Waals surface area contributed by atoms with Crippen LogP contribution in [0.1, 0.15) is 69.6 Å². The Hall–Kier alpha value is -4.31. The Morgan fingerprint density at radius 2 is 1.88 bits per heavy atom. The molecule has 1 fully saturated rings. The third kappa shape index (κ3) is 5.52. The number of aromatic nitrogens is 7. The lowest BCUT2D eigenvalue weighted by atomic mass is 10.0. The summed E-state index contributed by atoms with van der Waals surface area (Å²) < 4.78 is 25.6. The summed E-state index contributed by atoms with van der Waals surface area (Å²) in [5.74, 6) is 0.525. The van der Waals surface area contributed by atoms with Gasteiger partial charge in [0.15, 0.2) is 27.1 Å². The van der Waals surface area contributed by atoms with Crippen molar-refractivity contribution in [3.63, 3.8) is 0 Å². The zero-order valence-corrected chi connectivity index (χ0v) is 24.2. The SMILES string of the molecule is CCc1ncnc(C2CC2)c1-c1ncc2nc(NCc3ccc(S(=O)(=O)CC)cn3)c(=O)n(C(C#N)C(C)C)c2n1. The molecule has 0 amide bonds. The van der Waals surface area contributed by atoms with Gasteiger partial charge in [0.2, 0.25) is 0 Å². The highest BCUT2D eigenvalue weighted by Gasteiger charge is 2.31. The molecule has 5 rings (SSSR count). The van der Waals surface area contributed by atoms with Crippen molar-refractivity contribution in [2.45, 2.75) is 70.4 Å². The molecule has 4 aromatic heterocycles. The van der Waals surface area contributed by atoms with Gasteiger partial charge in [0.05, 0.1) is 52.1 Å². The highest BCUT2D eigenvalue weighted by Crippen LogP contribution is 2.43. The summed E-state index contributed by atoms with van der Waals surface area (Å²) in [6.07, 6.45) is 7.17. The van der Waals surface area contributed by atoms with Gasteiger partial charge in [0, 0.05) is 12.1 Å². The summed E-state index contributed by atoms with van der Waals surface area (Å²) in [7, 11) is -3.37. The molecule has 1 aliphatic rings. The fourth-order valence-corrected chi connectivity index (χ4v) is 5.48. The van der Waals surface area contributed by atoms with Gasteiger partial charge in [-0.05, 0) is 37.3 Å². The van der Waals surface area contributed by atoms with Crippen molar-refractivity contribution >= 4 is 26.8 Å². The quantitative estimate of drug-likeness (QED) is 0.294. The van der Waals surface area contributed by atoms with Gasteiger partial charge >= 0.3 is 0 Å². The number of hydrogen-bond acceptors (Lipinski definition) is 11. The minimum atomic E-state index is -3.37. The van der Waals surface area contributed by atoms with Crippen LogP contribution in [0.3, 0.4) is 0 Å². The first kappa shape index (κ1) is 28.2. The minimum Gasteiger partial charge on any atom is -0.360 e. The molecule has 212 valence electrons. The lowest BCUT2D eigenvalue weighted by molar-refractivity contribution is 0.458. The van der Waals surface area contributed by atoms with Crippen LogP contribution < -0.4 is 10.9 Å². The summed E-state index contributed by atoms with van der Waals surface area (Å²) in [5.41, 5.74) is 3.12. The van der Waals surface area contributed by atoms with Crippen molar-refractivity contribution in [2.75, 3.05) is 11.1 Å². The minimum absolute atomic E-state index is 0.0118. The van der Waals surface area contributed by atoms with E-state index in [2.05, 4.69) is 36.3 Å². The first-order valence-electron chi connectivity index (χ1n) is 13.6. The fraction of sp³-hybridized carbons (Fsp3) is 0.429. The van der Waals surface area contributed by atoms with Crippen LogP contribution in [-0.4, -0.2) is 48.6 Å². The molecule has 41 heavy (non-hydrogen) atoms. The number of nitrogens with one attached hydrogen (secondary N) is 1. The molecule has 1 unspecified atom stereocenters. The number of pyridine rings is 1. The normalized spacial score (nSPS) is 14.2. The Morgan fingerprint density at radius 3 is 2.49 bits per heavy atom. The fourth-order valence-electron chi connectivity index (χ4n) is 4.66. The number of fused-ring (bicyclic) bond motifs is 1. The Labute approximate surface area is 237 Å². The number of anilines is 1. The molecule has 13 heteroatoms. The van der Waals surface area contributed by atoms with E-state index in [1.54, 1.807) is 25.5 Å². The maximum absolute atomic E-state index is 13.8. The summed E-state index contributed by atoms with van der Waals surface area (Å²) in [5, 5.41) is 13.1. The van der Waals surface area contributed by atoms with Crippen LogP contribution in [0.15, 0.2) is 40.5 Å². The summed E-state index contributed by atoms with van der Waals surface area (Å²) in [4.78, 5) is 41.1. The van der Waals surface area contributed by atoms with E-state index in [1.807, 2.05) is 20.8 Å². The zero-order valence-electron chi connectivity index (χ0n) is 23.4. The van der Waals surface area contributed by atoms with E-state index in [0.29, 0.717) is 29.4 Å². The average molecular weight is 574 g/mol. The average Bonchev–Trinajstić information content (AvgIpc) is 3.83. The van der Waals surface area contributed by atoms with Crippen LogP contribution in [-0.2, 0) is 22.8 Å². The van der Waals surface area contributed by atoms with E-state index in [9.17, 15) is 18.5 Å². The molecular formula is C28H31N9O3S. The molecule has 4 aromatic rings. The monoisotopic (exact) mass is 573 g/mol. The largest absolute Gasteiger partial charge is 0.360 e. The van der Waals surface area contributed by atoms with Crippen LogP contribution in [0.2, 0.25) is 0 Å². The maximum Gasteiger partial charge on any atom is 0.296 e. The Kier molecular flexibility index (Phi) is 7.77. The van der Waals surface area contributed by atoms with Crippen molar-refractivity contribution in [1.82, 2.24) is 34.5 Å². The molecule has 1 saturated carbocycles. The number of nitrogens with zero attached hydrogens (tertiary/aromatic N) is 8. The second-order valence-electron chi connectivity index (χ2n) is 10.3. The summed E-state index contributed by atoms with van der Waals surface area (Å²) in [6.45, 7) is 7.42. The molecule has 0 spiro atoms. The number of sulfone groups is 1. The predicted molar refractivity (Wildman–Crippen MR) is 153 cm³/mol. The van der Waals surface area contributed by atoms with Gasteiger partial charge in [0.1, 0.15) is 17.9 Å². The van der Waals surface area contributed by atoms with Crippen molar-refractivity contribution in [1.29, 1.82) is 5.26 Å². The number of nitriles is 1. The van der Waals surface area contributed by atoms with Crippen molar-refractivity contribution in [3.05, 3.63) is 58.3 Å². The van der Waals surface area contributed by atoms with E-state index in [4.69, 9.17) is 4.98 Å². The molecule has 1 N–H and O–H groups in total. The third-order valence-corrected chi connectivity index (χ3v) is 8.84. The first-order chi connectivity index (χ1) is 19.7. The second-order valence-corrected chi connectivity index (χ2v) is 12.6. The molecular weight excluding hydrogens is 542 g/mol. The molecule has 1 aliphatic carbocycles. The number of hydrogen-bond donors (Lipinski definition) is 1. The smallest absolute Gasteiger partial charge is 0.296 e. The van der Waals surface area contributed by atoms with Gasteiger partial charge in [-0.15, -0.1) is 0 Å². The van der Waals surface area contributed by atoms with Gasteiger partial charge in [0.25, 0.3) is 5.56 Å². The number of rotatable bonds is 10. The van der Waals surface area contributed by atoms with Crippen molar-refractivity contribution in [2.24, 2.45) is 5.92 Å². The molecule has 0 bridgehead atoms. The predicted octanol–water partition coefficient (Wildman–Crippen LogP) is 3.60. The van der Waals surface area contributed by atoms with Crippen LogP contribution >= 0.6 is 0 Å². The molecule has 0 saturated heterocycles.